The van der Waals surface area contributed by atoms with Gasteiger partial charge in [-0.2, -0.15) is 0 Å². The summed E-state index contributed by atoms with van der Waals surface area (Å²) in [5, 5.41) is 3.76. The zero-order valence-corrected chi connectivity index (χ0v) is 27.2. The van der Waals surface area contributed by atoms with E-state index in [0.29, 0.717) is 21.3 Å². The van der Waals surface area contributed by atoms with Gasteiger partial charge in [-0.1, -0.05) is 85.6 Å². The van der Waals surface area contributed by atoms with Gasteiger partial charge in [0, 0.05) is 28.5 Å². The molecule has 1 atom stereocenters. The second kappa shape index (κ2) is 13.9. The molecule has 3 rings (SSSR count). The zero-order valence-electron chi connectivity index (χ0n) is 24.9. The Morgan fingerprint density at radius 1 is 0.929 bits per heavy atom. The number of sulfonamides is 1. The molecule has 42 heavy (non-hydrogen) atoms. The molecule has 0 saturated heterocycles. The van der Waals surface area contributed by atoms with E-state index < -0.39 is 34.1 Å². The van der Waals surface area contributed by atoms with E-state index in [4.69, 9.17) is 23.2 Å². The average molecular weight is 633 g/mol. The molecule has 0 aliphatic heterocycles. The highest BCUT2D eigenvalue weighted by atomic mass is 35.5. The number of nitrogens with zero attached hydrogens (tertiary/aromatic N) is 2. The van der Waals surface area contributed by atoms with Crippen LogP contribution >= 0.6 is 23.2 Å². The highest BCUT2D eigenvalue weighted by Crippen LogP contribution is 2.26. The molecule has 0 saturated carbocycles. The number of amides is 2. The summed E-state index contributed by atoms with van der Waals surface area (Å²) in [6.45, 7) is 9.13. The van der Waals surface area contributed by atoms with Crippen LogP contribution in [0.2, 0.25) is 10.0 Å². The highest BCUT2D eigenvalue weighted by molar-refractivity contribution is 7.92. The predicted molar refractivity (Wildman–Crippen MR) is 172 cm³/mol. The molecule has 0 aromatic heterocycles. The largest absolute Gasteiger partial charge is 0.350 e. The van der Waals surface area contributed by atoms with Gasteiger partial charge in [0.2, 0.25) is 21.8 Å². The summed E-state index contributed by atoms with van der Waals surface area (Å²) in [5.41, 5.74) is 2.24. The van der Waals surface area contributed by atoms with Crippen LogP contribution in [0.5, 0.6) is 0 Å². The minimum absolute atomic E-state index is 0.0339. The van der Waals surface area contributed by atoms with Crippen molar-refractivity contribution in [3.63, 3.8) is 0 Å². The van der Waals surface area contributed by atoms with Gasteiger partial charge >= 0.3 is 0 Å². The van der Waals surface area contributed by atoms with Crippen molar-refractivity contribution in [2.24, 2.45) is 0 Å². The Morgan fingerprint density at radius 2 is 1.55 bits per heavy atom. The van der Waals surface area contributed by atoms with E-state index in [1.165, 1.54) is 4.90 Å². The van der Waals surface area contributed by atoms with Gasteiger partial charge in [-0.3, -0.25) is 13.9 Å². The first-order valence-electron chi connectivity index (χ1n) is 13.7. The van der Waals surface area contributed by atoms with Gasteiger partial charge in [-0.15, -0.1) is 0 Å². The number of benzene rings is 3. The number of hydrogen-bond acceptors (Lipinski definition) is 4. The van der Waals surface area contributed by atoms with Crippen molar-refractivity contribution in [2.45, 2.75) is 65.1 Å². The highest BCUT2D eigenvalue weighted by Gasteiger charge is 2.34. The number of halogens is 2. The minimum Gasteiger partial charge on any atom is -0.350 e. The molecular weight excluding hydrogens is 593 g/mol. The number of hydrogen-bond donors (Lipinski definition) is 1. The molecule has 0 heterocycles. The van der Waals surface area contributed by atoms with Gasteiger partial charge in [0.15, 0.2) is 0 Å². The van der Waals surface area contributed by atoms with Crippen LogP contribution in [0.4, 0.5) is 5.69 Å². The first kappa shape index (κ1) is 33.4. The molecule has 226 valence electrons. The maximum Gasteiger partial charge on any atom is 0.244 e. The Hall–Kier alpha value is -3.07. The second-order valence-electron chi connectivity index (χ2n) is 11.7. The lowest BCUT2D eigenvalue weighted by Crippen LogP contribution is -2.56. The molecule has 7 nitrogen and oxygen atoms in total. The molecule has 10 heteroatoms. The Balaban J connectivity index is 2.09. The molecule has 3 aromatic carbocycles. The van der Waals surface area contributed by atoms with E-state index in [-0.39, 0.29) is 24.8 Å². The molecule has 0 unspecified atom stereocenters. The van der Waals surface area contributed by atoms with Crippen molar-refractivity contribution in [2.75, 3.05) is 17.1 Å². The van der Waals surface area contributed by atoms with Gasteiger partial charge in [-0.25, -0.2) is 8.42 Å². The van der Waals surface area contributed by atoms with Crippen molar-refractivity contribution >= 4 is 50.7 Å². The van der Waals surface area contributed by atoms with E-state index in [1.54, 1.807) is 30.3 Å². The van der Waals surface area contributed by atoms with Crippen LogP contribution in [0, 0.1) is 0 Å². The summed E-state index contributed by atoms with van der Waals surface area (Å²) >= 11 is 12.6. The number of anilines is 1. The molecule has 0 spiro atoms. The molecule has 2 amide bonds. The third-order valence-corrected chi connectivity index (χ3v) is 8.38. The molecule has 1 N–H and O–H groups in total. The van der Waals surface area contributed by atoms with Gasteiger partial charge < -0.3 is 10.2 Å². The summed E-state index contributed by atoms with van der Waals surface area (Å²) in [6, 6.07) is 20.4. The van der Waals surface area contributed by atoms with Crippen LogP contribution in [0.25, 0.3) is 0 Å². The normalized spacial score (nSPS) is 12.6. The van der Waals surface area contributed by atoms with Crippen LogP contribution in [-0.4, -0.2) is 49.5 Å². The third kappa shape index (κ3) is 9.48. The molecular formula is C32H39Cl2N3O4S. The van der Waals surface area contributed by atoms with Gasteiger partial charge in [-0.05, 0) is 67.6 Å². The quantitative estimate of drug-likeness (QED) is 0.264. The van der Waals surface area contributed by atoms with Gasteiger partial charge in [0.1, 0.15) is 12.6 Å². The fourth-order valence-corrected chi connectivity index (χ4v) is 5.80. The summed E-state index contributed by atoms with van der Waals surface area (Å²) in [7, 11) is -3.86. The van der Waals surface area contributed by atoms with Gasteiger partial charge in [0.25, 0.3) is 0 Å². The van der Waals surface area contributed by atoms with Crippen LogP contribution in [0.1, 0.15) is 57.2 Å². The summed E-state index contributed by atoms with van der Waals surface area (Å²) in [6.07, 6.45) is 1.27. The molecule has 0 bridgehead atoms. The molecule has 0 radical (unpaired) electrons. The SMILES string of the molecule is CC(C)c1ccc(N(CC(=O)N(Cc2ccc(Cl)cc2Cl)[C@H](Cc2ccccc2)C(=O)NC(C)(C)C)S(C)(=O)=O)cc1. The lowest BCUT2D eigenvalue weighted by atomic mass is 10.0. The van der Waals surface area contributed by atoms with Crippen LogP contribution in [0.15, 0.2) is 72.8 Å². The van der Waals surface area contributed by atoms with E-state index in [2.05, 4.69) is 5.32 Å². The fraction of sp³-hybridized carbons (Fsp3) is 0.375. The lowest BCUT2D eigenvalue weighted by molar-refractivity contribution is -0.140. The van der Waals surface area contributed by atoms with E-state index in [9.17, 15) is 18.0 Å². The lowest BCUT2D eigenvalue weighted by Gasteiger charge is -2.35. The summed E-state index contributed by atoms with van der Waals surface area (Å²) in [4.78, 5) is 29.4. The standard InChI is InChI=1S/C32H39Cl2N3O4S/c1-22(2)24-13-16-27(17-14-24)37(42(6,40)41)21-30(38)36(20-25-12-15-26(33)19-28(25)34)29(31(39)35-32(3,4)5)18-23-10-8-7-9-11-23/h7-17,19,22,29H,18,20-21H2,1-6H3,(H,35,39)/t29-/m1/s1. The Bertz CT molecular complexity index is 1490. The van der Waals surface area contributed by atoms with E-state index >= 15 is 0 Å². The summed E-state index contributed by atoms with van der Waals surface area (Å²) in [5.74, 6) is -0.659. The van der Waals surface area contributed by atoms with E-state index in [0.717, 1.165) is 21.7 Å². The predicted octanol–water partition coefficient (Wildman–Crippen LogP) is 6.44. The third-order valence-electron chi connectivity index (χ3n) is 6.65. The number of carbonyl (C=O) groups is 2. The topological polar surface area (TPSA) is 86.8 Å². The van der Waals surface area contributed by atoms with E-state index in [1.807, 2.05) is 77.1 Å². The van der Waals surface area contributed by atoms with Crippen LogP contribution < -0.4 is 9.62 Å². The second-order valence-corrected chi connectivity index (χ2v) is 14.5. The molecule has 3 aromatic rings. The van der Waals surface area contributed by atoms with Crippen molar-refractivity contribution < 1.29 is 18.0 Å². The number of nitrogens with one attached hydrogen (secondary N) is 1. The van der Waals surface area contributed by atoms with Crippen molar-refractivity contribution in [1.82, 2.24) is 10.2 Å². The van der Waals surface area contributed by atoms with Crippen molar-refractivity contribution in [1.29, 1.82) is 0 Å². The first-order valence-corrected chi connectivity index (χ1v) is 16.3. The molecule has 0 fully saturated rings. The smallest absolute Gasteiger partial charge is 0.244 e. The fourth-order valence-electron chi connectivity index (χ4n) is 4.48. The molecule has 0 aliphatic carbocycles. The number of carbonyl (C=O) groups excluding carboxylic acids is 2. The van der Waals surface area contributed by atoms with Gasteiger partial charge in [0.05, 0.1) is 11.9 Å². The first-order chi connectivity index (χ1) is 19.5. The minimum atomic E-state index is -3.86. The maximum absolute atomic E-state index is 14.2. The monoisotopic (exact) mass is 631 g/mol. The van der Waals surface area contributed by atoms with Crippen molar-refractivity contribution in [3.05, 3.63) is 99.5 Å². The van der Waals surface area contributed by atoms with Crippen molar-refractivity contribution in [3.8, 4) is 0 Å². The zero-order chi connectivity index (χ0) is 31.2. The Labute approximate surface area is 259 Å². The molecule has 0 aliphatic rings. The van der Waals surface area contributed by atoms with Crippen LogP contribution in [0.3, 0.4) is 0 Å². The van der Waals surface area contributed by atoms with Crippen LogP contribution in [-0.2, 0) is 32.6 Å². The number of rotatable bonds is 11. The summed E-state index contributed by atoms with van der Waals surface area (Å²) < 4.78 is 27.0. The Kier molecular flexibility index (Phi) is 11.1. The average Bonchev–Trinajstić information content (AvgIpc) is 2.89. The Morgan fingerprint density at radius 3 is 2.07 bits per heavy atom. The maximum atomic E-state index is 14.2.